The van der Waals surface area contributed by atoms with Crippen LogP contribution in [0, 0.1) is 6.92 Å². The topological polar surface area (TPSA) is 17.8 Å². The van der Waals surface area contributed by atoms with Gasteiger partial charge in [-0.25, -0.2) is 4.98 Å². The monoisotopic (exact) mass is 256 g/mol. The van der Waals surface area contributed by atoms with Gasteiger partial charge in [-0.3, -0.25) is 0 Å². The fraction of sp³-hybridized carbons (Fsp3) is 0.133. The minimum atomic E-state index is 0.732. The van der Waals surface area contributed by atoms with Crippen LogP contribution in [0.3, 0.4) is 0 Å². The number of aryl methyl sites for hydroxylation is 2. The van der Waals surface area contributed by atoms with Gasteiger partial charge in [0.2, 0.25) is 0 Å². The molecule has 3 heteroatoms. The van der Waals surface area contributed by atoms with Crippen LogP contribution < -0.4 is 0 Å². The van der Waals surface area contributed by atoms with E-state index in [2.05, 4.69) is 34.7 Å². The Hall–Kier alpha value is -1.80. The predicted molar refractivity (Wildman–Crippen MR) is 75.9 cm³/mol. The lowest BCUT2D eigenvalue weighted by Gasteiger charge is -2.03. The molecule has 1 aromatic heterocycles. The van der Waals surface area contributed by atoms with E-state index in [1.165, 1.54) is 5.56 Å². The van der Waals surface area contributed by atoms with Crippen molar-refractivity contribution >= 4 is 22.6 Å². The molecule has 18 heavy (non-hydrogen) atoms. The Labute approximate surface area is 111 Å². The Morgan fingerprint density at radius 1 is 1.11 bits per heavy atom. The molecular formula is C15H13ClN2. The normalized spacial score (nSPS) is 11.1. The summed E-state index contributed by atoms with van der Waals surface area (Å²) in [6.45, 7) is 2.09. The van der Waals surface area contributed by atoms with Crippen LogP contribution in [0.15, 0.2) is 42.5 Å². The summed E-state index contributed by atoms with van der Waals surface area (Å²) < 4.78 is 2.11. The minimum absolute atomic E-state index is 0.732. The van der Waals surface area contributed by atoms with E-state index < -0.39 is 0 Å². The number of benzene rings is 2. The Balaban J connectivity index is 2.27. The van der Waals surface area contributed by atoms with E-state index in [1.807, 2.05) is 31.3 Å². The molecule has 0 N–H and O–H groups in total. The summed E-state index contributed by atoms with van der Waals surface area (Å²) in [4.78, 5) is 4.67. The average molecular weight is 257 g/mol. The molecule has 0 atom stereocenters. The van der Waals surface area contributed by atoms with E-state index in [0.29, 0.717) is 0 Å². The first-order valence-corrected chi connectivity index (χ1v) is 6.22. The van der Waals surface area contributed by atoms with Crippen LogP contribution in [-0.4, -0.2) is 9.55 Å². The molecule has 0 bridgehead atoms. The van der Waals surface area contributed by atoms with Gasteiger partial charge in [0.05, 0.1) is 11.0 Å². The number of halogens is 1. The van der Waals surface area contributed by atoms with E-state index in [9.17, 15) is 0 Å². The van der Waals surface area contributed by atoms with Crippen molar-refractivity contribution in [1.29, 1.82) is 0 Å². The third-order valence-electron chi connectivity index (χ3n) is 3.12. The van der Waals surface area contributed by atoms with Crippen molar-refractivity contribution in [2.75, 3.05) is 0 Å². The second kappa shape index (κ2) is 4.14. The number of aromatic nitrogens is 2. The first-order chi connectivity index (χ1) is 8.65. The summed E-state index contributed by atoms with van der Waals surface area (Å²) in [7, 11) is 2.03. The van der Waals surface area contributed by atoms with Crippen LogP contribution in [0.5, 0.6) is 0 Å². The highest BCUT2D eigenvalue weighted by molar-refractivity contribution is 6.30. The molecule has 0 unspecified atom stereocenters. The van der Waals surface area contributed by atoms with Gasteiger partial charge in [0.1, 0.15) is 5.82 Å². The number of imidazole rings is 1. The molecule has 0 aliphatic carbocycles. The van der Waals surface area contributed by atoms with Gasteiger partial charge in [0.25, 0.3) is 0 Å². The summed E-state index contributed by atoms with van der Waals surface area (Å²) in [6, 6.07) is 14.1. The van der Waals surface area contributed by atoms with Crippen LogP contribution in [0.2, 0.25) is 5.02 Å². The molecule has 0 radical (unpaired) electrons. The van der Waals surface area contributed by atoms with Crippen molar-refractivity contribution in [3.05, 3.63) is 53.1 Å². The fourth-order valence-electron chi connectivity index (χ4n) is 2.19. The highest BCUT2D eigenvalue weighted by atomic mass is 35.5. The van der Waals surface area contributed by atoms with E-state index >= 15 is 0 Å². The van der Waals surface area contributed by atoms with Gasteiger partial charge in [0.15, 0.2) is 0 Å². The largest absolute Gasteiger partial charge is 0.327 e. The number of rotatable bonds is 1. The van der Waals surface area contributed by atoms with Crippen molar-refractivity contribution in [3.63, 3.8) is 0 Å². The van der Waals surface area contributed by atoms with Gasteiger partial charge in [-0.1, -0.05) is 29.8 Å². The van der Waals surface area contributed by atoms with Crippen LogP contribution in [-0.2, 0) is 7.05 Å². The predicted octanol–water partition coefficient (Wildman–Crippen LogP) is 4.20. The molecule has 0 fully saturated rings. The first-order valence-electron chi connectivity index (χ1n) is 5.84. The maximum atomic E-state index is 6.03. The molecule has 0 spiro atoms. The van der Waals surface area contributed by atoms with Crippen LogP contribution >= 0.6 is 11.6 Å². The molecule has 0 aliphatic rings. The van der Waals surface area contributed by atoms with Gasteiger partial charge in [-0.2, -0.15) is 0 Å². The van der Waals surface area contributed by atoms with E-state index in [-0.39, 0.29) is 0 Å². The van der Waals surface area contributed by atoms with E-state index in [1.54, 1.807) is 0 Å². The van der Waals surface area contributed by atoms with Gasteiger partial charge in [-0.05, 0) is 36.8 Å². The zero-order chi connectivity index (χ0) is 12.7. The molecule has 0 saturated carbocycles. The quantitative estimate of drug-likeness (QED) is 0.638. The van der Waals surface area contributed by atoms with Crippen molar-refractivity contribution in [2.24, 2.45) is 7.05 Å². The lowest BCUT2D eigenvalue weighted by Crippen LogP contribution is -1.92. The molecule has 0 saturated heterocycles. The molecule has 2 aromatic carbocycles. The SMILES string of the molecule is Cc1ccc2nc(-c3cccc(Cl)c3)n(C)c2c1. The third-order valence-corrected chi connectivity index (χ3v) is 3.35. The number of nitrogens with zero attached hydrogens (tertiary/aromatic N) is 2. The summed E-state index contributed by atoms with van der Waals surface area (Å²) >= 11 is 6.03. The standard InChI is InChI=1S/C15H13ClN2/c1-10-6-7-13-14(8-10)18(2)15(17-13)11-4-3-5-12(16)9-11/h3-9H,1-2H3. The van der Waals surface area contributed by atoms with Crippen molar-refractivity contribution in [1.82, 2.24) is 9.55 Å². The minimum Gasteiger partial charge on any atom is -0.327 e. The molecular weight excluding hydrogens is 244 g/mol. The Bertz CT molecular complexity index is 728. The lowest BCUT2D eigenvalue weighted by molar-refractivity contribution is 0.959. The van der Waals surface area contributed by atoms with Crippen molar-refractivity contribution in [2.45, 2.75) is 6.92 Å². The summed E-state index contributed by atoms with van der Waals surface area (Å²) in [6.07, 6.45) is 0. The van der Waals surface area contributed by atoms with Crippen molar-refractivity contribution < 1.29 is 0 Å². The Kier molecular flexibility index (Phi) is 2.60. The van der Waals surface area contributed by atoms with Gasteiger partial charge in [0, 0.05) is 17.6 Å². The van der Waals surface area contributed by atoms with Crippen LogP contribution in [0.25, 0.3) is 22.4 Å². The highest BCUT2D eigenvalue weighted by Crippen LogP contribution is 2.26. The summed E-state index contributed by atoms with van der Waals surface area (Å²) in [5.41, 5.74) is 4.44. The van der Waals surface area contributed by atoms with Crippen LogP contribution in [0.1, 0.15) is 5.56 Å². The number of fused-ring (bicyclic) bond motifs is 1. The number of hydrogen-bond acceptors (Lipinski definition) is 1. The Morgan fingerprint density at radius 2 is 1.94 bits per heavy atom. The smallest absolute Gasteiger partial charge is 0.140 e. The molecule has 3 aromatic rings. The van der Waals surface area contributed by atoms with Gasteiger partial charge >= 0.3 is 0 Å². The summed E-state index contributed by atoms with van der Waals surface area (Å²) in [5, 5.41) is 0.732. The second-order valence-electron chi connectivity index (χ2n) is 4.50. The molecule has 3 rings (SSSR count). The maximum absolute atomic E-state index is 6.03. The molecule has 0 aliphatic heterocycles. The summed E-state index contributed by atoms with van der Waals surface area (Å²) in [5.74, 6) is 0.943. The van der Waals surface area contributed by atoms with Gasteiger partial charge in [-0.15, -0.1) is 0 Å². The van der Waals surface area contributed by atoms with Gasteiger partial charge < -0.3 is 4.57 Å². The fourth-order valence-corrected chi connectivity index (χ4v) is 2.38. The first kappa shape index (κ1) is 11.3. The van der Waals surface area contributed by atoms with Crippen LogP contribution in [0.4, 0.5) is 0 Å². The third kappa shape index (κ3) is 1.79. The zero-order valence-corrected chi connectivity index (χ0v) is 11.1. The maximum Gasteiger partial charge on any atom is 0.140 e. The zero-order valence-electron chi connectivity index (χ0n) is 10.3. The average Bonchev–Trinajstić information content (AvgIpc) is 2.67. The Morgan fingerprint density at radius 3 is 2.72 bits per heavy atom. The molecule has 2 nitrogen and oxygen atoms in total. The highest BCUT2D eigenvalue weighted by Gasteiger charge is 2.09. The molecule has 1 heterocycles. The molecule has 0 amide bonds. The number of hydrogen-bond donors (Lipinski definition) is 0. The second-order valence-corrected chi connectivity index (χ2v) is 4.93. The van der Waals surface area contributed by atoms with E-state index in [4.69, 9.17) is 11.6 Å². The molecule has 90 valence electrons. The van der Waals surface area contributed by atoms with Crippen molar-refractivity contribution in [3.8, 4) is 11.4 Å². The lowest BCUT2D eigenvalue weighted by atomic mass is 10.2. The van der Waals surface area contributed by atoms with E-state index in [0.717, 1.165) is 27.4 Å².